The summed E-state index contributed by atoms with van der Waals surface area (Å²) in [6.45, 7) is 1.28. The van der Waals surface area contributed by atoms with Gasteiger partial charge < -0.3 is 20.3 Å². The Morgan fingerprint density at radius 3 is 2.81 bits per heavy atom. The zero-order valence-electron chi connectivity index (χ0n) is 15.1. The smallest absolute Gasteiger partial charge is 0.265 e. The molecule has 1 aromatic carbocycles. The standard InChI is InChI=1S/C20H27N3O3/c24-19(12-14-10-15-6-7-16(11-14)22-15)21-8-3-9-23-17-4-1-2-5-18(17)26-13-20(23)25/h1-2,4-5,14-16,22H,3,6-13H2,(H,21,24). The van der Waals surface area contributed by atoms with E-state index in [4.69, 9.17) is 4.74 Å². The van der Waals surface area contributed by atoms with Gasteiger partial charge in [-0.25, -0.2) is 0 Å². The fourth-order valence-corrected chi connectivity index (χ4v) is 4.54. The van der Waals surface area contributed by atoms with Gasteiger partial charge in [0.2, 0.25) is 5.91 Å². The maximum Gasteiger partial charge on any atom is 0.265 e. The Hall–Kier alpha value is -2.08. The van der Waals surface area contributed by atoms with E-state index in [2.05, 4.69) is 10.6 Å². The quantitative estimate of drug-likeness (QED) is 0.762. The number of hydrogen-bond acceptors (Lipinski definition) is 4. The number of hydrogen-bond donors (Lipinski definition) is 2. The molecule has 4 rings (SSSR count). The first-order valence-corrected chi connectivity index (χ1v) is 9.74. The van der Waals surface area contributed by atoms with Crippen molar-refractivity contribution < 1.29 is 14.3 Å². The van der Waals surface area contributed by atoms with Crippen molar-refractivity contribution in [3.63, 3.8) is 0 Å². The second-order valence-electron chi connectivity index (χ2n) is 7.68. The average Bonchev–Trinajstić information content (AvgIpc) is 2.98. The van der Waals surface area contributed by atoms with Gasteiger partial charge >= 0.3 is 0 Å². The van der Waals surface area contributed by atoms with Gasteiger partial charge in [-0.3, -0.25) is 9.59 Å². The largest absolute Gasteiger partial charge is 0.482 e. The first-order chi connectivity index (χ1) is 12.7. The summed E-state index contributed by atoms with van der Waals surface area (Å²) in [4.78, 5) is 26.1. The molecule has 2 saturated heterocycles. The molecule has 2 fully saturated rings. The van der Waals surface area contributed by atoms with Gasteiger partial charge in [0, 0.05) is 31.6 Å². The van der Waals surface area contributed by atoms with E-state index in [0.29, 0.717) is 37.5 Å². The maximum absolute atomic E-state index is 12.2. The summed E-state index contributed by atoms with van der Waals surface area (Å²) in [6.07, 6.45) is 6.15. The van der Waals surface area contributed by atoms with Gasteiger partial charge in [-0.1, -0.05) is 12.1 Å². The zero-order valence-corrected chi connectivity index (χ0v) is 15.1. The minimum Gasteiger partial charge on any atom is -0.482 e. The predicted octanol–water partition coefficient (Wildman–Crippen LogP) is 1.84. The number of benzene rings is 1. The highest BCUT2D eigenvalue weighted by Crippen LogP contribution is 2.33. The molecule has 2 amide bonds. The van der Waals surface area contributed by atoms with Crippen LogP contribution in [-0.2, 0) is 9.59 Å². The summed E-state index contributed by atoms with van der Waals surface area (Å²) in [5.41, 5.74) is 0.820. The number of fused-ring (bicyclic) bond motifs is 3. The third kappa shape index (κ3) is 3.85. The fourth-order valence-electron chi connectivity index (χ4n) is 4.54. The summed E-state index contributed by atoms with van der Waals surface area (Å²) in [7, 11) is 0. The number of ether oxygens (including phenoxy) is 1. The van der Waals surface area contributed by atoms with E-state index in [-0.39, 0.29) is 18.4 Å². The molecule has 2 N–H and O–H groups in total. The lowest BCUT2D eigenvalue weighted by Gasteiger charge is -2.29. The van der Waals surface area contributed by atoms with E-state index in [0.717, 1.165) is 30.7 Å². The Bertz CT molecular complexity index is 666. The van der Waals surface area contributed by atoms with Gasteiger partial charge in [0.05, 0.1) is 5.69 Å². The van der Waals surface area contributed by atoms with Crippen molar-refractivity contribution in [2.24, 2.45) is 5.92 Å². The predicted molar refractivity (Wildman–Crippen MR) is 99.2 cm³/mol. The number of piperidine rings is 1. The van der Waals surface area contributed by atoms with Crippen LogP contribution in [0.5, 0.6) is 5.75 Å². The second kappa shape index (κ2) is 7.66. The van der Waals surface area contributed by atoms with Crippen LogP contribution in [0.1, 0.15) is 38.5 Å². The van der Waals surface area contributed by atoms with Crippen molar-refractivity contribution in [1.29, 1.82) is 0 Å². The second-order valence-corrected chi connectivity index (χ2v) is 7.68. The molecule has 0 aromatic heterocycles. The van der Waals surface area contributed by atoms with Crippen molar-refractivity contribution in [2.45, 2.75) is 50.6 Å². The van der Waals surface area contributed by atoms with Crippen molar-refractivity contribution in [1.82, 2.24) is 10.6 Å². The van der Waals surface area contributed by atoms with Crippen LogP contribution in [0.25, 0.3) is 0 Å². The minimum absolute atomic E-state index is 0.0276. The number of carbonyl (C=O) groups excluding carboxylic acids is 2. The zero-order chi connectivity index (χ0) is 17.9. The Kier molecular flexibility index (Phi) is 5.11. The van der Waals surface area contributed by atoms with Crippen molar-refractivity contribution in [3.8, 4) is 5.75 Å². The molecule has 2 atom stereocenters. The molecular formula is C20H27N3O3. The van der Waals surface area contributed by atoms with E-state index in [1.165, 1.54) is 12.8 Å². The third-order valence-electron chi connectivity index (χ3n) is 5.73. The van der Waals surface area contributed by atoms with Crippen LogP contribution < -0.4 is 20.3 Å². The van der Waals surface area contributed by atoms with Crippen molar-refractivity contribution >= 4 is 17.5 Å². The van der Waals surface area contributed by atoms with Crippen LogP contribution in [0.15, 0.2) is 24.3 Å². The number of anilines is 1. The molecule has 3 aliphatic rings. The first kappa shape index (κ1) is 17.3. The van der Waals surface area contributed by atoms with Gasteiger partial charge in [-0.15, -0.1) is 0 Å². The molecule has 3 heterocycles. The molecule has 0 spiro atoms. The Morgan fingerprint density at radius 2 is 2.00 bits per heavy atom. The lowest BCUT2D eigenvalue weighted by Crippen LogP contribution is -2.41. The van der Waals surface area contributed by atoms with Gasteiger partial charge in [0.1, 0.15) is 5.75 Å². The van der Waals surface area contributed by atoms with Gasteiger partial charge in [0.15, 0.2) is 6.61 Å². The van der Waals surface area contributed by atoms with Crippen molar-refractivity contribution in [2.75, 3.05) is 24.6 Å². The summed E-state index contributed by atoms with van der Waals surface area (Å²) in [5.74, 6) is 1.38. The van der Waals surface area contributed by atoms with Crippen LogP contribution in [0.2, 0.25) is 0 Å². The lowest BCUT2D eigenvalue weighted by molar-refractivity contribution is -0.122. The Morgan fingerprint density at radius 1 is 1.23 bits per heavy atom. The molecule has 0 radical (unpaired) electrons. The average molecular weight is 357 g/mol. The molecular weight excluding hydrogens is 330 g/mol. The molecule has 1 aromatic rings. The molecule has 140 valence electrons. The number of para-hydroxylation sites is 2. The molecule has 2 bridgehead atoms. The molecule has 0 aliphatic carbocycles. The van der Waals surface area contributed by atoms with Gasteiger partial charge in [0.25, 0.3) is 5.91 Å². The number of amides is 2. The van der Waals surface area contributed by atoms with E-state index >= 15 is 0 Å². The summed E-state index contributed by atoms with van der Waals surface area (Å²) >= 11 is 0. The van der Waals surface area contributed by atoms with E-state index < -0.39 is 0 Å². The van der Waals surface area contributed by atoms with Crippen molar-refractivity contribution in [3.05, 3.63) is 24.3 Å². The Labute approximate surface area is 154 Å². The molecule has 26 heavy (non-hydrogen) atoms. The van der Waals surface area contributed by atoms with Crippen LogP contribution in [0.4, 0.5) is 5.69 Å². The van der Waals surface area contributed by atoms with Crippen LogP contribution in [-0.4, -0.2) is 43.6 Å². The van der Waals surface area contributed by atoms with Gasteiger partial charge in [-0.05, 0) is 50.2 Å². The number of carbonyl (C=O) groups is 2. The molecule has 2 unspecified atom stereocenters. The lowest BCUT2D eigenvalue weighted by atomic mass is 9.89. The Balaban J connectivity index is 1.20. The molecule has 6 nitrogen and oxygen atoms in total. The number of nitrogens with one attached hydrogen (secondary N) is 2. The minimum atomic E-state index is -0.0276. The molecule has 6 heteroatoms. The van der Waals surface area contributed by atoms with Crippen LogP contribution >= 0.6 is 0 Å². The SMILES string of the molecule is O=C(CC1CC2CCC(C1)N2)NCCCN1C(=O)COc2ccccc21. The third-order valence-corrected chi connectivity index (χ3v) is 5.73. The van der Waals surface area contributed by atoms with E-state index in [9.17, 15) is 9.59 Å². The van der Waals surface area contributed by atoms with E-state index in [1.54, 1.807) is 4.90 Å². The van der Waals surface area contributed by atoms with Crippen LogP contribution in [0.3, 0.4) is 0 Å². The normalized spacial score (nSPS) is 27.0. The maximum atomic E-state index is 12.2. The number of nitrogens with zero attached hydrogens (tertiary/aromatic N) is 1. The highest BCUT2D eigenvalue weighted by molar-refractivity contribution is 5.97. The molecule has 3 aliphatic heterocycles. The highest BCUT2D eigenvalue weighted by Gasteiger charge is 2.34. The monoisotopic (exact) mass is 357 g/mol. The molecule has 0 saturated carbocycles. The van der Waals surface area contributed by atoms with Gasteiger partial charge in [-0.2, -0.15) is 0 Å². The summed E-state index contributed by atoms with van der Waals surface area (Å²) in [5, 5.41) is 6.64. The summed E-state index contributed by atoms with van der Waals surface area (Å²) in [6, 6.07) is 8.83. The summed E-state index contributed by atoms with van der Waals surface area (Å²) < 4.78 is 5.45. The highest BCUT2D eigenvalue weighted by atomic mass is 16.5. The first-order valence-electron chi connectivity index (χ1n) is 9.74. The fraction of sp³-hybridized carbons (Fsp3) is 0.600. The van der Waals surface area contributed by atoms with E-state index in [1.807, 2.05) is 24.3 Å². The number of rotatable bonds is 6. The van der Waals surface area contributed by atoms with Crippen LogP contribution in [0, 0.1) is 5.92 Å². The topological polar surface area (TPSA) is 70.7 Å².